The molecule has 2 aromatic carbocycles. The van der Waals surface area contributed by atoms with Gasteiger partial charge in [-0.05, 0) is 54.8 Å². The summed E-state index contributed by atoms with van der Waals surface area (Å²) in [5.74, 6) is -0.549. The fourth-order valence-corrected chi connectivity index (χ4v) is 2.88. The Morgan fingerprint density at radius 2 is 2.12 bits per heavy atom. The average molecular weight is 360 g/mol. The number of halogens is 1. The smallest absolute Gasteiger partial charge is 0.313 e. The summed E-state index contributed by atoms with van der Waals surface area (Å²) in [6, 6.07) is 12.7. The molecule has 1 aliphatic rings. The van der Waals surface area contributed by atoms with Crippen LogP contribution in [0.5, 0.6) is 5.75 Å². The van der Waals surface area contributed by atoms with E-state index in [0.29, 0.717) is 17.1 Å². The van der Waals surface area contributed by atoms with Crippen molar-refractivity contribution < 1.29 is 19.1 Å². The summed E-state index contributed by atoms with van der Waals surface area (Å²) in [5.41, 5.74) is 2.57. The number of amides is 1. The minimum absolute atomic E-state index is 0.229. The highest BCUT2D eigenvalue weighted by Gasteiger charge is 2.27. The van der Waals surface area contributed by atoms with E-state index in [1.807, 2.05) is 25.1 Å². The first-order valence-corrected chi connectivity index (χ1v) is 8.33. The van der Waals surface area contributed by atoms with Crippen molar-refractivity contribution in [3.8, 4) is 5.75 Å². The zero-order valence-corrected chi connectivity index (χ0v) is 14.5. The molecule has 0 bridgehead atoms. The normalized spacial score (nSPS) is 15.7. The van der Waals surface area contributed by atoms with Gasteiger partial charge in [0.05, 0.1) is 5.92 Å². The number of hydrogen-bond donors (Lipinski definition) is 1. The molecular weight excluding hydrogens is 342 g/mol. The Labute approximate surface area is 150 Å². The average Bonchev–Trinajstić information content (AvgIpc) is 2.59. The molecule has 0 saturated carbocycles. The van der Waals surface area contributed by atoms with Crippen molar-refractivity contribution in [1.29, 1.82) is 0 Å². The van der Waals surface area contributed by atoms with Gasteiger partial charge in [0.25, 0.3) is 5.91 Å². The maximum Gasteiger partial charge on any atom is 0.313 e. The van der Waals surface area contributed by atoms with Crippen LogP contribution in [0.15, 0.2) is 42.5 Å². The zero-order chi connectivity index (χ0) is 17.8. The van der Waals surface area contributed by atoms with Gasteiger partial charge in [0, 0.05) is 10.7 Å². The third-order valence-corrected chi connectivity index (χ3v) is 4.14. The fourth-order valence-electron chi connectivity index (χ4n) is 2.69. The van der Waals surface area contributed by atoms with E-state index in [9.17, 15) is 9.59 Å². The van der Waals surface area contributed by atoms with Gasteiger partial charge in [0.1, 0.15) is 12.4 Å². The second-order valence-electron chi connectivity index (χ2n) is 5.99. The van der Waals surface area contributed by atoms with E-state index >= 15 is 0 Å². The Morgan fingerprint density at radius 1 is 1.28 bits per heavy atom. The molecule has 1 aliphatic heterocycles. The first-order valence-electron chi connectivity index (χ1n) is 7.95. The molecule has 1 amide bonds. The predicted octanol–water partition coefficient (Wildman–Crippen LogP) is 3.38. The van der Waals surface area contributed by atoms with Crippen LogP contribution in [-0.4, -0.2) is 25.1 Å². The largest absolute Gasteiger partial charge is 0.492 e. The van der Waals surface area contributed by atoms with Crippen molar-refractivity contribution in [1.82, 2.24) is 0 Å². The lowest BCUT2D eigenvalue weighted by molar-refractivity contribution is -0.152. The molecule has 1 atom stereocenters. The Hall–Kier alpha value is -2.53. The molecule has 0 unspecified atom stereocenters. The number of esters is 1. The summed E-state index contributed by atoms with van der Waals surface area (Å²) in [5, 5.41) is 3.29. The van der Waals surface area contributed by atoms with E-state index in [0.717, 1.165) is 16.9 Å². The van der Waals surface area contributed by atoms with Crippen molar-refractivity contribution in [2.24, 2.45) is 5.92 Å². The Bertz CT molecular complexity index is 806. The van der Waals surface area contributed by atoms with Gasteiger partial charge in [-0.3, -0.25) is 9.59 Å². The summed E-state index contributed by atoms with van der Waals surface area (Å²) in [7, 11) is 0. The highest BCUT2D eigenvalue weighted by Crippen LogP contribution is 2.30. The van der Waals surface area contributed by atoms with Crippen LogP contribution in [0.25, 0.3) is 0 Å². The van der Waals surface area contributed by atoms with Gasteiger partial charge in [0.15, 0.2) is 6.61 Å². The molecule has 0 saturated heterocycles. The van der Waals surface area contributed by atoms with Crippen LogP contribution < -0.4 is 10.1 Å². The first-order chi connectivity index (χ1) is 12.0. The summed E-state index contributed by atoms with van der Waals surface area (Å²) >= 11 is 5.97. The van der Waals surface area contributed by atoms with E-state index in [4.69, 9.17) is 21.1 Å². The molecule has 0 aromatic heterocycles. The minimum Gasteiger partial charge on any atom is -0.492 e. The lowest BCUT2D eigenvalue weighted by Gasteiger charge is -2.24. The molecule has 25 heavy (non-hydrogen) atoms. The molecule has 5 nitrogen and oxygen atoms in total. The first kappa shape index (κ1) is 17.3. The molecule has 0 aliphatic carbocycles. The Balaban J connectivity index is 1.52. The molecular formula is C19H18ClNO4. The van der Waals surface area contributed by atoms with Gasteiger partial charge in [-0.1, -0.05) is 23.7 Å². The molecule has 0 radical (unpaired) electrons. The standard InChI is InChI=1S/C19H18ClNO4/c1-12-3-2-4-16(7-12)21-18(22)11-25-19(23)14-8-13-9-15(20)5-6-17(13)24-10-14/h2-7,9,14H,8,10-11H2,1H3,(H,21,22)/t14-/m0/s1. The van der Waals surface area contributed by atoms with Crippen LogP contribution in [-0.2, 0) is 20.7 Å². The number of anilines is 1. The number of ether oxygens (including phenoxy) is 2. The number of carbonyl (C=O) groups excluding carboxylic acids is 2. The number of benzene rings is 2. The van der Waals surface area contributed by atoms with Gasteiger partial charge in [-0.15, -0.1) is 0 Å². The van der Waals surface area contributed by atoms with Crippen LogP contribution in [0, 0.1) is 12.8 Å². The molecule has 2 aromatic rings. The summed E-state index contributed by atoms with van der Waals surface area (Å²) in [6.45, 7) is 1.83. The fraction of sp³-hybridized carbons (Fsp3) is 0.263. The molecule has 1 heterocycles. The minimum atomic E-state index is -0.454. The molecule has 0 spiro atoms. The van der Waals surface area contributed by atoms with Crippen LogP contribution >= 0.6 is 11.6 Å². The van der Waals surface area contributed by atoms with Gasteiger partial charge in [-0.2, -0.15) is 0 Å². The topological polar surface area (TPSA) is 64.6 Å². The van der Waals surface area contributed by atoms with Crippen LogP contribution in [0.2, 0.25) is 5.02 Å². The quantitative estimate of drug-likeness (QED) is 0.850. The molecule has 1 N–H and O–H groups in total. The zero-order valence-electron chi connectivity index (χ0n) is 13.8. The van der Waals surface area contributed by atoms with Crippen molar-refractivity contribution >= 4 is 29.2 Å². The number of nitrogens with one attached hydrogen (secondary N) is 1. The molecule has 130 valence electrons. The molecule has 3 rings (SSSR count). The number of hydrogen-bond acceptors (Lipinski definition) is 4. The maximum atomic E-state index is 12.2. The highest BCUT2D eigenvalue weighted by atomic mass is 35.5. The number of carbonyl (C=O) groups is 2. The van der Waals surface area contributed by atoms with E-state index in [-0.39, 0.29) is 19.1 Å². The van der Waals surface area contributed by atoms with Crippen molar-refractivity contribution in [2.45, 2.75) is 13.3 Å². The van der Waals surface area contributed by atoms with Crippen molar-refractivity contribution in [2.75, 3.05) is 18.5 Å². The number of rotatable bonds is 4. The highest BCUT2D eigenvalue weighted by molar-refractivity contribution is 6.30. The summed E-state index contributed by atoms with van der Waals surface area (Å²) in [4.78, 5) is 24.1. The van der Waals surface area contributed by atoms with Crippen molar-refractivity contribution in [3.63, 3.8) is 0 Å². The lowest BCUT2D eigenvalue weighted by atomic mass is 9.97. The second kappa shape index (κ2) is 7.57. The summed E-state index contributed by atoms with van der Waals surface area (Å²) in [6.07, 6.45) is 0.480. The predicted molar refractivity (Wildman–Crippen MR) is 94.9 cm³/mol. The monoisotopic (exact) mass is 359 g/mol. The van der Waals surface area contributed by atoms with Crippen LogP contribution in [0.1, 0.15) is 11.1 Å². The van der Waals surface area contributed by atoms with Gasteiger partial charge in [0.2, 0.25) is 0 Å². The van der Waals surface area contributed by atoms with E-state index < -0.39 is 11.9 Å². The maximum absolute atomic E-state index is 12.2. The van der Waals surface area contributed by atoms with Crippen LogP contribution in [0.3, 0.4) is 0 Å². The lowest BCUT2D eigenvalue weighted by Crippen LogP contribution is -2.32. The van der Waals surface area contributed by atoms with Gasteiger partial charge < -0.3 is 14.8 Å². The van der Waals surface area contributed by atoms with Gasteiger partial charge >= 0.3 is 5.97 Å². The molecule has 6 heteroatoms. The third kappa shape index (κ3) is 4.51. The Kier molecular flexibility index (Phi) is 5.24. The number of fused-ring (bicyclic) bond motifs is 1. The van der Waals surface area contributed by atoms with E-state index in [1.165, 1.54) is 0 Å². The van der Waals surface area contributed by atoms with E-state index in [2.05, 4.69) is 5.32 Å². The van der Waals surface area contributed by atoms with Crippen LogP contribution in [0.4, 0.5) is 5.69 Å². The summed E-state index contributed by atoms with van der Waals surface area (Å²) < 4.78 is 10.7. The Morgan fingerprint density at radius 3 is 2.92 bits per heavy atom. The van der Waals surface area contributed by atoms with E-state index in [1.54, 1.807) is 24.3 Å². The SMILES string of the molecule is Cc1cccc(NC(=O)COC(=O)[C@@H]2COc3ccc(Cl)cc3C2)c1. The van der Waals surface area contributed by atoms with Gasteiger partial charge in [-0.25, -0.2) is 0 Å². The van der Waals surface area contributed by atoms with Crippen molar-refractivity contribution in [3.05, 3.63) is 58.6 Å². The molecule has 0 fully saturated rings. The third-order valence-electron chi connectivity index (χ3n) is 3.91. The second-order valence-corrected chi connectivity index (χ2v) is 6.43. The number of aryl methyl sites for hydroxylation is 1.